The first-order valence-electron chi connectivity index (χ1n) is 5.09. The highest BCUT2D eigenvalue weighted by Gasteiger charge is 2.13. The lowest BCUT2D eigenvalue weighted by molar-refractivity contribution is 0.801. The predicted octanol–water partition coefficient (Wildman–Crippen LogP) is 2.03. The van der Waals surface area contributed by atoms with Gasteiger partial charge in [-0.05, 0) is 25.5 Å². The molecule has 0 spiro atoms. The van der Waals surface area contributed by atoms with E-state index >= 15 is 0 Å². The van der Waals surface area contributed by atoms with Crippen molar-refractivity contribution in [2.24, 2.45) is 0 Å². The molecule has 0 saturated heterocycles. The molecule has 0 N–H and O–H groups in total. The van der Waals surface area contributed by atoms with Crippen LogP contribution in [0.5, 0.6) is 0 Å². The summed E-state index contributed by atoms with van der Waals surface area (Å²) in [6.45, 7) is 3.75. The Balaban J connectivity index is 2.37. The third kappa shape index (κ3) is 1.99. The highest BCUT2D eigenvalue weighted by atomic mass is 15.2. The van der Waals surface area contributed by atoms with Crippen molar-refractivity contribution >= 4 is 5.82 Å². The molecule has 2 heterocycles. The summed E-state index contributed by atoms with van der Waals surface area (Å²) in [6.07, 6.45) is 5.31. The summed E-state index contributed by atoms with van der Waals surface area (Å²) in [4.78, 5) is 6.58. The molecule has 0 aliphatic carbocycles. The first kappa shape index (κ1) is 9.72. The number of aromatic nitrogens is 1. The maximum Gasteiger partial charge on any atom is 0.147 e. The van der Waals surface area contributed by atoms with E-state index in [2.05, 4.69) is 28.1 Å². The number of aryl methyl sites for hydroxylation is 1. The molecule has 0 atom stereocenters. The first-order valence-corrected chi connectivity index (χ1v) is 5.09. The van der Waals surface area contributed by atoms with Crippen molar-refractivity contribution in [1.29, 1.82) is 5.26 Å². The van der Waals surface area contributed by atoms with Gasteiger partial charge in [-0.3, -0.25) is 0 Å². The average Bonchev–Trinajstić information content (AvgIpc) is 2.30. The minimum Gasteiger partial charge on any atom is -0.351 e. The monoisotopic (exact) mass is 199 g/mol. The summed E-state index contributed by atoms with van der Waals surface area (Å²) in [5.41, 5.74) is 1.62. The Morgan fingerprint density at radius 2 is 2.27 bits per heavy atom. The van der Waals surface area contributed by atoms with Gasteiger partial charge < -0.3 is 4.90 Å². The molecule has 1 aromatic rings. The Bertz CT molecular complexity index is 429. The van der Waals surface area contributed by atoms with Crippen LogP contribution in [0.3, 0.4) is 0 Å². The Labute approximate surface area is 89.7 Å². The molecule has 0 aromatic carbocycles. The van der Waals surface area contributed by atoms with Crippen LogP contribution in [0.15, 0.2) is 24.3 Å². The van der Waals surface area contributed by atoms with Crippen LogP contribution in [0.4, 0.5) is 5.82 Å². The standard InChI is InChI=1S/C12H13N3/c1-10-5-6-11(9-13)12(14-10)15-7-3-2-4-8-15/h2-3,5-6H,4,7-8H2,1H3. The number of nitrogens with zero attached hydrogens (tertiary/aromatic N) is 3. The van der Waals surface area contributed by atoms with E-state index in [9.17, 15) is 0 Å². The highest BCUT2D eigenvalue weighted by Crippen LogP contribution is 2.19. The summed E-state index contributed by atoms with van der Waals surface area (Å²) in [6, 6.07) is 5.91. The van der Waals surface area contributed by atoms with Gasteiger partial charge in [-0.2, -0.15) is 5.26 Å². The van der Waals surface area contributed by atoms with Gasteiger partial charge in [0.25, 0.3) is 0 Å². The molecule has 3 nitrogen and oxygen atoms in total. The van der Waals surface area contributed by atoms with E-state index < -0.39 is 0 Å². The van der Waals surface area contributed by atoms with E-state index in [0.717, 1.165) is 31.0 Å². The summed E-state index contributed by atoms with van der Waals surface area (Å²) < 4.78 is 0. The zero-order valence-corrected chi connectivity index (χ0v) is 8.77. The molecule has 0 saturated carbocycles. The lowest BCUT2D eigenvalue weighted by Gasteiger charge is -2.25. The second-order valence-corrected chi connectivity index (χ2v) is 3.64. The molecule has 1 aliphatic rings. The van der Waals surface area contributed by atoms with Gasteiger partial charge in [-0.1, -0.05) is 12.2 Å². The maximum atomic E-state index is 9.01. The molecule has 1 aliphatic heterocycles. The molecule has 0 unspecified atom stereocenters. The van der Waals surface area contributed by atoms with Crippen LogP contribution >= 0.6 is 0 Å². The SMILES string of the molecule is Cc1ccc(C#N)c(N2CC=CCC2)n1. The molecule has 0 radical (unpaired) electrons. The summed E-state index contributed by atoms with van der Waals surface area (Å²) in [5, 5.41) is 9.01. The lowest BCUT2D eigenvalue weighted by Crippen LogP contribution is -2.28. The van der Waals surface area contributed by atoms with Crippen molar-refractivity contribution in [2.75, 3.05) is 18.0 Å². The summed E-state index contributed by atoms with van der Waals surface area (Å²) in [7, 11) is 0. The van der Waals surface area contributed by atoms with Gasteiger partial charge >= 0.3 is 0 Å². The minimum absolute atomic E-state index is 0.663. The second kappa shape index (κ2) is 4.14. The quantitative estimate of drug-likeness (QED) is 0.650. The van der Waals surface area contributed by atoms with Gasteiger partial charge in [0.2, 0.25) is 0 Å². The number of anilines is 1. The van der Waals surface area contributed by atoms with Gasteiger partial charge in [0.15, 0.2) is 0 Å². The zero-order chi connectivity index (χ0) is 10.7. The second-order valence-electron chi connectivity index (χ2n) is 3.64. The summed E-state index contributed by atoms with van der Waals surface area (Å²) in [5.74, 6) is 0.821. The van der Waals surface area contributed by atoms with Crippen molar-refractivity contribution in [2.45, 2.75) is 13.3 Å². The number of pyridine rings is 1. The molecule has 1 aromatic heterocycles. The number of hydrogen-bond donors (Lipinski definition) is 0. The van der Waals surface area contributed by atoms with Gasteiger partial charge in [0.05, 0.1) is 5.56 Å². The number of rotatable bonds is 1. The lowest BCUT2D eigenvalue weighted by atomic mass is 10.2. The fourth-order valence-corrected chi connectivity index (χ4v) is 1.70. The van der Waals surface area contributed by atoms with Crippen LogP contribution in [0, 0.1) is 18.3 Å². The fraction of sp³-hybridized carbons (Fsp3) is 0.333. The Kier molecular flexibility index (Phi) is 2.68. The molecule has 0 amide bonds. The molecule has 76 valence electrons. The van der Waals surface area contributed by atoms with E-state index in [1.54, 1.807) is 0 Å². The van der Waals surface area contributed by atoms with E-state index in [-0.39, 0.29) is 0 Å². The molecular formula is C12H13N3. The van der Waals surface area contributed by atoms with Crippen LogP contribution in [0.1, 0.15) is 17.7 Å². The van der Waals surface area contributed by atoms with Crippen LogP contribution < -0.4 is 4.90 Å². The van der Waals surface area contributed by atoms with Crippen LogP contribution in [-0.4, -0.2) is 18.1 Å². The third-order valence-corrected chi connectivity index (χ3v) is 2.49. The zero-order valence-electron chi connectivity index (χ0n) is 8.77. The van der Waals surface area contributed by atoms with Crippen LogP contribution in [0.2, 0.25) is 0 Å². The predicted molar refractivity (Wildman–Crippen MR) is 59.7 cm³/mol. The van der Waals surface area contributed by atoms with Gasteiger partial charge in [0.1, 0.15) is 11.9 Å². The third-order valence-electron chi connectivity index (χ3n) is 2.49. The Morgan fingerprint density at radius 1 is 1.40 bits per heavy atom. The van der Waals surface area contributed by atoms with E-state index in [1.165, 1.54) is 0 Å². The Hall–Kier alpha value is -1.82. The fourth-order valence-electron chi connectivity index (χ4n) is 1.70. The molecule has 2 rings (SSSR count). The molecule has 0 fully saturated rings. The van der Waals surface area contributed by atoms with Crippen molar-refractivity contribution in [3.05, 3.63) is 35.5 Å². The average molecular weight is 199 g/mol. The number of hydrogen-bond acceptors (Lipinski definition) is 3. The van der Waals surface area contributed by atoms with E-state index in [4.69, 9.17) is 5.26 Å². The van der Waals surface area contributed by atoms with E-state index in [1.807, 2.05) is 19.1 Å². The topological polar surface area (TPSA) is 39.9 Å². The van der Waals surface area contributed by atoms with Crippen molar-refractivity contribution in [1.82, 2.24) is 4.98 Å². The first-order chi connectivity index (χ1) is 7.31. The van der Waals surface area contributed by atoms with Crippen molar-refractivity contribution in [3.63, 3.8) is 0 Å². The smallest absolute Gasteiger partial charge is 0.147 e. The summed E-state index contributed by atoms with van der Waals surface area (Å²) >= 11 is 0. The Morgan fingerprint density at radius 3 is 2.93 bits per heavy atom. The highest BCUT2D eigenvalue weighted by molar-refractivity contribution is 5.55. The number of nitriles is 1. The van der Waals surface area contributed by atoms with Crippen molar-refractivity contribution in [3.8, 4) is 6.07 Å². The van der Waals surface area contributed by atoms with E-state index in [0.29, 0.717) is 5.56 Å². The van der Waals surface area contributed by atoms with Crippen LogP contribution in [-0.2, 0) is 0 Å². The van der Waals surface area contributed by atoms with Gasteiger partial charge in [-0.15, -0.1) is 0 Å². The molecule has 3 heteroatoms. The van der Waals surface area contributed by atoms with Crippen LogP contribution in [0.25, 0.3) is 0 Å². The molecule has 0 bridgehead atoms. The van der Waals surface area contributed by atoms with Gasteiger partial charge in [-0.25, -0.2) is 4.98 Å². The molecular weight excluding hydrogens is 186 g/mol. The van der Waals surface area contributed by atoms with Gasteiger partial charge in [0, 0.05) is 18.8 Å². The molecule has 15 heavy (non-hydrogen) atoms. The maximum absolute atomic E-state index is 9.01. The normalized spacial score (nSPS) is 15.1. The largest absolute Gasteiger partial charge is 0.351 e. The van der Waals surface area contributed by atoms with Crippen molar-refractivity contribution < 1.29 is 0 Å². The minimum atomic E-state index is 0.663.